The van der Waals surface area contributed by atoms with Gasteiger partial charge < -0.3 is 9.47 Å². The van der Waals surface area contributed by atoms with Crippen molar-refractivity contribution in [1.29, 1.82) is 0 Å². The summed E-state index contributed by atoms with van der Waals surface area (Å²) in [6.07, 6.45) is 1.87. The average molecular weight is 319 g/mol. The number of methoxy groups -OCH3 is 1. The third-order valence-electron chi connectivity index (χ3n) is 3.55. The van der Waals surface area contributed by atoms with Gasteiger partial charge in [0.15, 0.2) is 0 Å². The molecular formula is C16H24Cl2O2. The fourth-order valence-corrected chi connectivity index (χ4v) is 2.99. The summed E-state index contributed by atoms with van der Waals surface area (Å²) in [6, 6.07) is 8.48. The standard InChI is InChI=1S/C16H24Cl2O2/c1-14-4-6-15(7-5-14)16(12-17,13-18)8-3-9-20-11-10-19-2/h4-7H,3,8-13H2,1-2H3. The molecule has 4 heteroatoms. The number of hydrogen-bond donors (Lipinski definition) is 0. The Balaban J connectivity index is 2.56. The van der Waals surface area contributed by atoms with Crippen LogP contribution in [0.15, 0.2) is 24.3 Å². The number of alkyl halides is 2. The van der Waals surface area contributed by atoms with Gasteiger partial charge in [-0.15, -0.1) is 23.2 Å². The number of benzene rings is 1. The van der Waals surface area contributed by atoms with Gasteiger partial charge >= 0.3 is 0 Å². The topological polar surface area (TPSA) is 18.5 Å². The van der Waals surface area contributed by atoms with E-state index in [1.807, 2.05) is 0 Å². The third-order valence-corrected chi connectivity index (χ3v) is 4.57. The largest absolute Gasteiger partial charge is 0.382 e. The summed E-state index contributed by atoms with van der Waals surface area (Å²) in [7, 11) is 1.67. The molecule has 0 N–H and O–H groups in total. The average Bonchev–Trinajstić information content (AvgIpc) is 2.48. The van der Waals surface area contributed by atoms with Gasteiger partial charge in [0.05, 0.1) is 13.2 Å². The van der Waals surface area contributed by atoms with E-state index in [0.717, 1.165) is 12.8 Å². The zero-order chi connectivity index (χ0) is 14.8. The molecule has 0 saturated heterocycles. The zero-order valence-corrected chi connectivity index (χ0v) is 13.8. The van der Waals surface area contributed by atoms with E-state index in [-0.39, 0.29) is 5.41 Å². The maximum atomic E-state index is 6.22. The van der Waals surface area contributed by atoms with Gasteiger partial charge in [0.1, 0.15) is 0 Å². The van der Waals surface area contributed by atoms with Crippen molar-refractivity contribution < 1.29 is 9.47 Å². The molecule has 0 aliphatic rings. The lowest BCUT2D eigenvalue weighted by atomic mass is 9.80. The lowest BCUT2D eigenvalue weighted by molar-refractivity contribution is 0.0670. The predicted molar refractivity (Wildman–Crippen MR) is 86.2 cm³/mol. The summed E-state index contributed by atoms with van der Waals surface area (Å²) >= 11 is 12.4. The Morgan fingerprint density at radius 2 is 1.65 bits per heavy atom. The number of hydrogen-bond acceptors (Lipinski definition) is 2. The Bertz CT molecular complexity index is 361. The molecule has 2 nitrogen and oxygen atoms in total. The minimum Gasteiger partial charge on any atom is -0.382 e. The summed E-state index contributed by atoms with van der Waals surface area (Å²) in [5.41, 5.74) is 2.29. The van der Waals surface area contributed by atoms with Crippen LogP contribution in [0.5, 0.6) is 0 Å². The minimum absolute atomic E-state index is 0.165. The third kappa shape index (κ3) is 5.25. The monoisotopic (exact) mass is 318 g/mol. The van der Waals surface area contributed by atoms with Crippen LogP contribution in [0.3, 0.4) is 0 Å². The molecule has 0 saturated carbocycles. The molecule has 20 heavy (non-hydrogen) atoms. The fraction of sp³-hybridized carbons (Fsp3) is 0.625. The molecule has 0 unspecified atom stereocenters. The molecule has 0 aromatic heterocycles. The van der Waals surface area contributed by atoms with Crippen LogP contribution in [0, 0.1) is 6.92 Å². The van der Waals surface area contributed by atoms with Crippen molar-refractivity contribution in [3.63, 3.8) is 0 Å². The summed E-state index contributed by atoms with van der Waals surface area (Å²) in [4.78, 5) is 0. The van der Waals surface area contributed by atoms with E-state index >= 15 is 0 Å². The Labute approximate surface area is 132 Å². The molecule has 0 aliphatic heterocycles. The van der Waals surface area contributed by atoms with E-state index in [2.05, 4.69) is 31.2 Å². The molecule has 0 bridgehead atoms. The first-order valence-electron chi connectivity index (χ1n) is 6.94. The fourth-order valence-electron chi connectivity index (χ4n) is 2.13. The number of ether oxygens (including phenoxy) is 2. The van der Waals surface area contributed by atoms with Crippen molar-refractivity contribution in [2.24, 2.45) is 0 Å². The maximum Gasteiger partial charge on any atom is 0.0700 e. The van der Waals surface area contributed by atoms with Gasteiger partial charge in [0.2, 0.25) is 0 Å². The van der Waals surface area contributed by atoms with Crippen molar-refractivity contribution in [2.45, 2.75) is 25.2 Å². The number of aryl methyl sites for hydroxylation is 1. The molecule has 0 aliphatic carbocycles. The first-order valence-corrected chi connectivity index (χ1v) is 8.01. The first-order chi connectivity index (χ1) is 9.68. The Hall–Kier alpha value is -0.280. The van der Waals surface area contributed by atoms with Gasteiger partial charge in [-0.05, 0) is 25.3 Å². The second kappa shape index (κ2) is 9.62. The smallest absolute Gasteiger partial charge is 0.0700 e. The summed E-state index contributed by atoms with van der Waals surface area (Å²) in [5.74, 6) is 1.05. The lowest BCUT2D eigenvalue weighted by Crippen LogP contribution is -2.31. The van der Waals surface area contributed by atoms with Crippen molar-refractivity contribution >= 4 is 23.2 Å². The van der Waals surface area contributed by atoms with Crippen LogP contribution >= 0.6 is 23.2 Å². The number of rotatable bonds is 10. The van der Waals surface area contributed by atoms with Crippen molar-refractivity contribution in [3.05, 3.63) is 35.4 Å². The zero-order valence-electron chi connectivity index (χ0n) is 12.3. The summed E-state index contributed by atoms with van der Waals surface area (Å²) in [6.45, 7) is 4.06. The molecule has 0 spiro atoms. The van der Waals surface area contributed by atoms with E-state index in [9.17, 15) is 0 Å². The van der Waals surface area contributed by atoms with Gasteiger partial charge in [0, 0.05) is 30.9 Å². The van der Waals surface area contributed by atoms with Crippen LogP contribution in [-0.4, -0.2) is 38.7 Å². The molecule has 1 rings (SSSR count). The van der Waals surface area contributed by atoms with Crippen LogP contribution in [0.2, 0.25) is 0 Å². The highest BCUT2D eigenvalue weighted by molar-refractivity contribution is 6.22. The van der Waals surface area contributed by atoms with Crippen LogP contribution in [0.4, 0.5) is 0 Å². The van der Waals surface area contributed by atoms with Crippen LogP contribution in [0.25, 0.3) is 0 Å². The van der Waals surface area contributed by atoms with E-state index in [0.29, 0.717) is 31.6 Å². The van der Waals surface area contributed by atoms with Gasteiger partial charge in [0.25, 0.3) is 0 Å². The quantitative estimate of drug-likeness (QED) is 0.476. The van der Waals surface area contributed by atoms with E-state index in [1.54, 1.807) is 7.11 Å². The summed E-state index contributed by atoms with van der Waals surface area (Å²) in [5, 5.41) is 0. The van der Waals surface area contributed by atoms with E-state index in [1.165, 1.54) is 11.1 Å². The molecule has 114 valence electrons. The normalized spacial score (nSPS) is 11.8. The Morgan fingerprint density at radius 3 is 2.20 bits per heavy atom. The van der Waals surface area contributed by atoms with Crippen molar-refractivity contribution in [3.8, 4) is 0 Å². The highest BCUT2D eigenvalue weighted by atomic mass is 35.5. The minimum atomic E-state index is -0.165. The van der Waals surface area contributed by atoms with Crippen LogP contribution in [0.1, 0.15) is 24.0 Å². The number of halogens is 2. The highest BCUT2D eigenvalue weighted by Crippen LogP contribution is 2.32. The van der Waals surface area contributed by atoms with Gasteiger partial charge in [-0.1, -0.05) is 29.8 Å². The van der Waals surface area contributed by atoms with E-state index < -0.39 is 0 Å². The molecule has 0 fully saturated rings. The molecule has 0 radical (unpaired) electrons. The first kappa shape index (κ1) is 17.8. The van der Waals surface area contributed by atoms with E-state index in [4.69, 9.17) is 32.7 Å². The van der Waals surface area contributed by atoms with Crippen molar-refractivity contribution in [2.75, 3.05) is 38.7 Å². The van der Waals surface area contributed by atoms with Gasteiger partial charge in [-0.25, -0.2) is 0 Å². The SMILES string of the molecule is COCCOCCCC(CCl)(CCl)c1ccc(C)cc1. The van der Waals surface area contributed by atoms with Crippen molar-refractivity contribution in [1.82, 2.24) is 0 Å². The second-order valence-electron chi connectivity index (χ2n) is 5.12. The molecule has 0 atom stereocenters. The van der Waals surface area contributed by atoms with Crippen LogP contribution in [-0.2, 0) is 14.9 Å². The molecular weight excluding hydrogens is 295 g/mol. The Kier molecular flexibility index (Phi) is 8.55. The second-order valence-corrected chi connectivity index (χ2v) is 5.66. The Morgan fingerprint density at radius 1 is 1.00 bits per heavy atom. The van der Waals surface area contributed by atoms with Gasteiger partial charge in [-0.2, -0.15) is 0 Å². The van der Waals surface area contributed by atoms with Gasteiger partial charge in [-0.3, -0.25) is 0 Å². The summed E-state index contributed by atoms with van der Waals surface area (Å²) < 4.78 is 10.4. The maximum absolute atomic E-state index is 6.22. The molecule has 0 heterocycles. The predicted octanol–water partition coefficient (Wildman–Crippen LogP) is 4.15. The molecule has 1 aromatic carbocycles. The lowest BCUT2D eigenvalue weighted by Gasteiger charge is -2.30. The van der Waals surface area contributed by atoms with Crippen LogP contribution < -0.4 is 0 Å². The molecule has 0 amide bonds. The highest BCUT2D eigenvalue weighted by Gasteiger charge is 2.30. The molecule has 1 aromatic rings.